The monoisotopic (exact) mass is 488 g/mol. The number of hydrogen-bond donors (Lipinski definition) is 2. The Morgan fingerprint density at radius 3 is 2.46 bits per heavy atom. The number of carbonyl (C=O) groups is 2. The summed E-state index contributed by atoms with van der Waals surface area (Å²) in [4.78, 5) is 33.6. The molecule has 1 saturated carbocycles. The van der Waals surface area contributed by atoms with Crippen LogP contribution < -0.4 is 10.6 Å². The average Bonchev–Trinajstić information content (AvgIpc) is 3.42. The maximum Gasteiger partial charge on any atom is 0.250 e. The molecule has 0 spiro atoms. The maximum atomic E-state index is 14.2. The molecule has 2 fully saturated rings. The van der Waals surface area contributed by atoms with Crippen LogP contribution in [0.5, 0.6) is 0 Å². The SMILES string of the molecule is CC1(C(=O)Nc2cnc3nc(-c4cc(NC=O)ccc4F)cn3c2)CC(F)(F)C1.CN1CCCC1. The van der Waals surface area contributed by atoms with Crippen LogP contribution in [0.15, 0.2) is 36.8 Å². The van der Waals surface area contributed by atoms with E-state index in [0.29, 0.717) is 17.8 Å². The van der Waals surface area contributed by atoms with Crippen LogP contribution >= 0.6 is 0 Å². The number of halogens is 3. The van der Waals surface area contributed by atoms with Crippen molar-refractivity contribution in [3.63, 3.8) is 0 Å². The van der Waals surface area contributed by atoms with Gasteiger partial charge in [-0.25, -0.2) is 23.1 Å². The smallest absolute Gasteiger partial charge is 0.250 e. The Kier molecular flexibility index (Phi) is 6.79. The quantitative estimate of drug-likeness (QED) is 0.526. The van der Waals surface area contributed by atoms with Gasteiger partial charge in [0.05, 0.1) is 23.0 Å². The Labute approximate surface area is 200 Å². The summed E-state index contributed by atoms with van der Waals surface area (Å²) in [6, 6.07) is 4.06. The van der Waals surface area contributed by atoms with E-state index < -0.39 is 35.9 Å². The molecule has 2 amide bonds. The Morgan fingerprint density at radius 2 is 1.86 bits per heavy atom. The molecule has 2 aliphatic rings. The molecule has 1 aliphatic heterocycles. The number of imidazole rings is 1. The van der Waals surface area contributed by atoms with E-state index in [1.54, 1.807) is 0 Å². The summed E-state index contributed by atoms with van der Waals surface area (Å²) in [5.41, 5.74) is 0.0173. The lowest BCUT2D eigenvalue weighted by Crippen LogP contribution is -2.51. The van der Waals surface area contributed by atoms with Crippen LogP contribution in [-0.2, 0) is 9.59 Å². The van der Waals surface area contributed by atoms with E-state index in [0.717, 1.165) is 0 Å². The van der Waals surface area contributed by atoms with Crippen molar-refractivity contribution in [1.29, 1.82) is 0 Å². The number of hydrogen-bond acceptors (Lipinski definition) is 5. The summed E-state index contributed by atoms with van der Waals surface area (Å²) >= 11 is 0. The van der Waals surface area contributed by atoms with Gasteiger partial charge in [-0.2, -0.15) is 0 Å². The van der Waals surface area contributed by atoms with Crippen molar-refractivity contribution in [2.75, 3.05) is 30.8 Å². The maximum absolute atomic E-state index is 14.2. The van der Waals surface area contributed by atoms with Gasteiger partial charge in [-0.1, -0.05) is 6.92 Å². The Bertz CT molecular complexity index is 1230. The molecule has 0 unspecified atom stereocenters. The van der Waals surface area contributed by atoms with Crippen LogP contribution in [0.1, 0.15) is 32.6 Å². The first-order chi connectivity index (χ1) is 16.6. The highest BCUT2D eigenvalue weighted by molar-refractivity contribution is 5.95. The minimum atomic E-state index is -2.81. The lowest BCUT2D eigenvalue weighted by atomic mass is 9.67. The topological polar surface area (TPSA) is 91.6 Å². The molecule has 0 bridgehead atoms. The summed E-state index contributed by atoms with van der Waals surface area (Å²) < 4.78 is 42.0. The predicted octanol–water partition coefficient (Wildman–Crippen LogP) is 4.19. The predicted molar refractivity (Wildman–Crippen MR) is 126 cm³/mol. The fourth-order valence-corrected chi connectivity index (χ4v) is 4.37. The molecular weight excluding hydrogens is 461 g/mol. The van der Waals surface area contributed by atoms with Crippen molar-refractivity contribution < 1.29 is 22.8 Å². The van der Waals surface area contributed by atoms with Crippen molar-refractivity contribution in [2.24, 2.45) is 5.41 Å². The van der Waals surface area contributed by atoms with Gasteiger partial charge in [-0.3, -0.25) is 14.0 Å². The van der Waals surface area contributed by atoms with Crippen LogP contribution in [0, 0.1) is 11.2 Å². The molecule has 1 aromatic carbocycles. The van der Waals surface area contributed by atoms with Crippen LogP contribution in [0.3, 0.4) is 0 Å². The van der Waals surface area contributed by atoms with Crippen molar-refractivity contribution >= 4 is 29.5 Å². The van der Waals surface area contributed by atoms with Crippen LogP contribution in [-0.4, -0.2) is 57.6 Å². The van der Waals surface area contributed by atoms with Crippen LogP contribution in [0.2, 0.25) is 0 Å². The molecule has 0 radical (unpaired) electrons. The van der Waals surface area contributed by atoms with Gasteiger partial charge in [0.1, 0.15) is 5.82 Å². The molecule has 2 aromatic heterocycles. The van der Waals surface area contributed by atoms with Gasteiger partial charge in [-0.15, -0.1) is 0 Å². The summed E-state index contributed by atoms with van der Waals surface area (Å²) in [6.45, 7) is 4.13. The molecular formula is C24H27F3N6O2. The molecule has 1 aliphatic carbocycles. The number of nitrogens with zero attached hydrogens (tertiary/aromatic N) is 4. The zero-order valence-corrected chi connectivity index (χ0v) is 19.5. The van der Waals surface area contributed by atoms with Gasteiger partial charge < -0.3 is 15.5 Å². The minimum Gasteiger partial charge on any atom is -0.329 e. The van der Waals surface area contributed by atoms with E-state index in [1.165, 1.54) is 74.0 Å². The van der Waals surface area contributed by atoms with Crippen molar-refractivity contribution in [3.8, 4) is 11.3 Å². The van der Waals surface area contributed by atoms with Gasteiger partial charge in [0.2, 0.25) is 24.0 Å². The van der Waals surface area contributed by atoms with E-state index in [-0.39, 0.29) is 17.0 Å². The third kappa shape index (κ3) is 5.61. The summed E-state index contributed by atoms with van der Waals surface area (Å²) in [6.07, 6.45) is 6.69. The normalized spacial score (nSPS) is 18.3. The number of fused-ring (bicyclic) bond motifs is 1. The van der Waals surface area contributed by atoms with E-state index >= 15 is 0 Å². The molecule has 1 saturated heterocycles. The molecule has 186 valence electrons. The number of benzene rings is 1. The first-order valence-corrected chi connectivity index (χ1v) is 11.3. The zero-order valence-electron chi connectivity index (χ0n) is 19.5. The molecule has 5 rings (SSSR count). The van der Waals surface area contributed by atoms with Gasteiger partial charge in [-0.05, 0) is 51.2 Å². The van der Waals surface area contributed by atoms with Gasteiger partial charge in [0, 0.05) is 36.5 Å². The Morgan fingerprint density at radius 1 is 1.14 bits per heavy atom. The highest BCUT2D eigenvalue weighted by Crippen LogP contribution is 2.52. The number of carbonyl (C=O) groups excluding carboxylic acids is 2. The minimum absolute atomic E-state index is 0.164. The van der Waals surface area contributed by atoms with Crippen LogP contribution in [0.25, 0.3) is 17.0 Å². The highest BCUT2D eigenvalue weighted by Gasteiger charge is 2.57. The molecule has 35 heavy (non-hydrogen) atoms. The molecule has 8 nitrogen and oxygen atoms in total. The number of rotatable bonds is 5. The number of amides is 2. The second-order valence-corrected chi connectivity index (χ2v) is 9.37. The molecule has 0 atom stereocenters. The molecule has 3 aromatic rings. The largest absolute Gasteiger partial charge is 0.329 e. The number of nitrogens with one attached hydrogen (secondary N) is 2. The zero-order chi connectivity index (χ0) is 25.2. The molecule has 3 heterocycles. The second-order valence-electron chi connectivity index (χ2n) is 9.37. The third-order valence-corrected chi connectivity index (χ3v) is 6.21. The number of aromatic nitrogens is 3. The summed E-state index contributed by atoms with van der Waals surface area (Å²) in [5, 5.41) is 5.04. The number of alkyl halides is 2. The lowest BCUT2D eigenvalue weighted by Gasteiger charge is -2.43. The second kappa shape index (κ2) is 9.65. The Hall–Kier alpha value is -3.47. The molecule has 11 heteroatoms. The average molecular weight is 489 g/mol. The van der Waals surface area contributed by atoms with Gasteiger partial charge >= 0.3 is 0 Å². The lowest BCUT2D eigenvalue weighted by molar-refractivity contribution is -0.170. The summed E-state index contributed by atoms with van der Waals surface area (Å²) in [5.74, 6) is -3.60. The van der Waals surface area contributed by atoms with E-state index in [2.05, 4.69) is 32.5 Å². The standard InChI is InChI=1S/C19H16F3N5O2.C5H11N/c1-18(8-19(21,22)9-18)16(29)25-12-5-23-17-26-15(7-27(17)6-12)13-4-11(24-10-28)2-3-14(13)20;1-6-4-2-3-5-6/h2-7,10H,8-9H2,1H3,(H,24,28)(H,25,29);2-5H2,1H3. The van der Waals surface area contributed by atoms with Crippen molar-refractivity contribution in [3.05, 3.63) is 42.6 Å². The fraction of sp³-hybridized carbons (Fsp3) is 0.417. The van der Waals surface area contributed by atoms with Gasteiger partial charge in [0.25, 0.3) is 0 Å². The molecule has 2 N–H and O–H groups in total. The summed E-state index contributed by atoms with van der Waals surface area (Å²) in [7, 11) is 2.17. The highest BCUT2D eigenvalue weighted by atomic mass is 19.3. The van der Waals surface area contributed by atoms with E-state index in [9.17, 15) is 22.8 Å². The Balaban J connectivity index is 0.000000421. The number of likely N-dealkylation sites (tertiary alicyclic amines) is 1. The number of anilines is 2. The van der Waals surface area contributed by atoms with Crippen molar-refractivity contribution in [1.82, 2.24) is 19.3 Å². The van der Waals surface area contributed by atoms with Crippen LogP contribution in [0.4, 0.5) is 24.5 Å². The first-order valence-electron chi connectivity index (χ1n) is 11.3. The van der Waals surface area contributed by atoms with E-state index in [1.807, 2.05) is 0 Å². The van der Waals surface area contributed by atoms with Crippen molar-refractivity contribution in [2.45, 2.75) is 38.5 Å². The third-order valence-electron chi connectivity index (χ3n) is 6.21. The first kappa shape index (κ1) is 24.6. The van der Waals surface area contributed by atoms with Gasteiger partial charge in [0.15, 0.2) is 0 Å². The fourth-order valence-electron chi connectivity index (χ4n) is 4.37. The van der Waals surface area contributed by atoms with E-state index in [4.69, 9.17) is 0 Å².